The van der Waals surface area contributed by atoms with Crippen molar-refractivity contribution in [2.45, 2.75) is 24.4 Å². The minimum atomic E-state index is -4.63. The summed E-state index contributed by atoms with van der Waals surface area (Å²) in [6, 6.07) is 7.79. The highest BCUT2D eigenvalue weighted by Gasteiger charge is 2.42. The first-order valence-corrected chi connectivity index (χ1v) is 8.97. The molecule has 0 radical (unpaired) electrons. The van der Waals surface area contributed by atoms with E-state index >= 15 is 0 Å². The largest absolute Gasteiger partial charge is 0.417 e. The van der Waals surface area contributed by atoms with Gasteiger partial charge in [-0.2, -0.15) is 13.2 Å². The summed E-state index contributed by atoms with van der Waals surface area (Å²) < 4.78 is 44.9. The summed E-state index contributed by atoms with van der Waals surface area (Å²) in [7, 11) is 0. The molecule has 0 saturated carbocycles. The van der Waals surface area contributed by atoms with Crippen molar-refractivity contribution < 1.29 is 22.7 Å². The molecule has 0 bridgehead atoms. The molecule has 2 N–H and O–H groups in total. The quantitative estimate of drug-likeness (QED) is 0.755. The number of H-pyrrole nitrogens is 1. The van der Waals surface area contributed by atoms with Gasteiger partial charge in [-0.05, 0) is 36.6 Å². The van der Waals surface area contributed by atoms with Gasteiger partial charge in [-0.15, -0.1) is 0 Å². The molecule has 0 spiro atoms. The zero-order chi connectivity index (χ0) is 19.7. The normalized spacial score (nSPS) is 16.7. The first-order chi connectivity index (χ1) is 12.7. The van der Waals surface area contributed by atoms with Crippen molar-refractivity contribution in [2.24, 2.45) is 0 Å². The van der Waals surface area contributed by atoms with Gasteiger partial charge in [0.05, 0.1) is 11.0 Å². The highest BCUT2D eigenvalue weighted by atomic mass is 79.9. The molecule has 1 aliphatic rings. The topological polar surface area (TPSA) is 71.2 Å². The maximum absolute atomic E-state index is 13.1. The number of anilines is 1. The first-order valence-electron chi connectivity index (χ1n) is 8.17. The fourth-order valence-electron chi connectivity index (χ4n) is 3.12. The number of halogens is 4. The lowest BCUT2D eigenvalue weighted by atomic mass is 9.73. The molecule has 1 aliphatic heterocycles. The molecular formula is C18H16BrF3N2O3. The molecule has 1 aromatic heterocycles. The van der Waals surface area contributed by atoms with E-state index in [4.69, 9.17) is 4.74 Å². The third-order valence-corrected chi connectivity index (χ3v) is 5.19. The Morgan fingerprint density at radius 2 is 1.81 bits per heavy atom. The van der Waals surface area contributed by atoms with Crippen molar-refractivity contribution >= 4 is 27.5 Å². The third-order valence-electron chi connectivity index (χ3n) is 4.66. The van der Waals surface area contributed by atoms with Crippen LogP contribution in [0.5, 0.6) is 0 Å². The molecule has 2 heterocycles. The van der Waals surface area contributed by atoms with Gasteiger partial charge in [0.1, 0.15) is 5.69 Å². The summed E-state index contributed by atoms with van der Waals surface area (Å²) in [5.74, 6) is -0.530. The number of aromatic nitrogens is 1. The fraction of sp³-hybridized carbons (Fsp3) is 0.333. The van der Waals surface area contributed by atoms with Crippen LogP contribution in [0.15, 0.2) is 45.8 Å². The van der Waals surface area contributed by atoms with E-state index in [1.807, 2.05) is 4.98 Å². The molecule has 1 saturated heterocycles. The number of benzene rings is 1. The van der Waals surface area contributed by atoms with E-state index in [9.17, 15) is 22.8 Å². The molecule has 2 aromatic rings. The van der Waals surface area contributed by atoms with E-state index in [0.717, 1.165) is 10.0 Å². The lowest BCUT2D eigenvalue weighted by Crippen LogP contribution is -2.45. The van der Waals surface area contributed by atoms with Gasteiger partial charge in [0.2, 0.25) is 5.91 Å². The third kappa shape index (κ3) is 4.08. The van der Waals surface area contributed by atoms with Crippen LogP contribution in [0.4, 0.5) is 18.9 Å². The molecular weight excluding hydrogens is 429 g/mol. The zero-order valence-electron chi connectivity index (χ0n) is 14.0. The number of ether oxygens (including phenoxy) is 1. The van der Waals surface area contributed by atoms with Gasteiger partial charge in [-0.25, -0.2) is 0 Å². The van der Waals surface area contributed by atoms with E-state index in [0.29, 0.717) is 38.3 Å². The summed E-state index contributed by atoms with van der Waals surface area (Å²) >= 11 is 3.34. The lowest BCUT2D eigenvalue weighted by molar-refractivity contribution is -0.137. The van der Waals surface area contributed by atoms with Crippen LogP contribution in [0.1, 0.15) is 24.0 Å². The van der Waals surface area contributed by atoms with E-state index in [1.165, 1.54) is 0 Å². The van der Waals surface area contributed by atoms with Crippen LogP contribution in [-0.4, -0.2) is 24.1 Å². The van der Waals surface area contributed by atoms with Gasteiger partial charge < -0.3 is 15.0 Å². The Balaban J connectivity index is 1.97. The van der Waals surface area contributed by atoms with E-state index in [-0.39, 0.29) is 0 Å². The Morgan fingerprint density at radius 3 is 2.41 bits per heavy atom. The van der Waals surface area contributed by atoms with Gasteiger partial charge >= 0.3 is 6.18 Å². The number of amides is 1. The van der Waals surface area contributed by atoms with Gasteiger partial charge in [0, 0.05) is 23.9 Å². The van der Waals surface area contributed by atoms with Crippen LogP contribution in [0, 0.1) is 0 Å². The number of rotatable bonds is 3. The van der Waals surface area contributed by atoms with Crippen molar-refractivity contribution in [3.05, 3.63) is 62.5 Å². The van der Waals surface area contributed by atoms with Gasteiger partial charge in [0.15, 0.2) is 0 Å². The number of carbonyl (C=O) groups excluding carboxylic acids is 1. The second-order valence-electron chi connectivity index (χ2n) is 6.28. The highest BCUT2D eigenvalue weighted by molar-refractivity contribution is 9.10. The molecule has 5 nitrogen and oxygen atoms in total. The Bertz CT molecular complexity index is 888. The second kappa shape index (κ2) is 7.47. The van der Waals surface area contributed by atoms with Crippen molar-refractivity contribution in [1.82, 2.24) is 4.98 Å². The van der Waals surface area contributed by atoms with E-state index in [1.54, 1.807) is 24.3 Å². The molecule has 3 rings (SSSR count). The van der Waals surface area contributed by atoms with Crippen molar-refractivity contribution in [3.63, 3.8) is 0 Å². The van der Waals surface area contributed by atoms with Gasteiger partial charge in [-0.1, -0.05) is 28.1 Å². The maximum Gasteiger partial charge on any atom is 0.417 e. The Kier molecular flexibility index (Phi) is 5.43. The number of aromatic amines is 1. The monoisotopic (exact) mass is 444 g/mol. The predicted octanol–water partition coefficient (Wildman–Crippen LogP) is 3.84. The maximum atomic E-state index is 13.1. The summed E-state index contributed by atoms with van der Waals surface area (Å²) in [4.78, 5) is 27.0. The summed E-state index contributed by atoms with van der Waals surface area (Å²) in [5, 5.41) is 2.40. The number of alkyl halides is 3. The van der Waals surface area contributed by atoms with Gasteiger partial charge in [0.25, 0.3) is 5.56 Å². The lowest BCUT2D eigenvalue weighted by Gasteiger charge is -2.36. The molecule has 0 atom stereocenters. The van der Waals surface area contributed by atoms with Gasteiger partial charge in [-0.3, -0.25) is 9.59 Å². The van der Waals surface area contributed by atoms with Crippen LogP contribution >= 0.6 is 15.9 Å². The van der Waals surface area contributed by atoms with Crippen molar-refractivity contribution in [1.29, 1.82) is 0 Å². The second-order valence-corrected chi connectivity index (χ2v) is 7.20. The molecule has 1 aromatic carbocycles. The first kappa shape index (κ1) is 19.6. The number of pyridine rings is 1. The predicted molar refractivity (Wildman–Crippen MR) is 96.6 cm³/mol. The van der Waals surface area contributed by atoms with Crippen molar-refractivity contribution in [3.8, 4) is 0 Å². The van der Waals surface area contributed by atoms with E-state index < -0.39 is 34.3 Å². The van der Waals surface area contributed by atoms with Crippen molar-refractivity contribution in [2.75, 3.05) is 18.5 Å². The smallest absolute Gasteiger partial charge is 0.381 e. The molecule has 0 unspecified atom stereocenters. The molecule has 1 amide bonds. The standard InChI is InChI=1S/C18H16BrF3N2O3/c19-13-3-1-11(2-4-13)17(5-7-27-8-6-17)16(26)24-14-9-12(18(20,21)22)10-23-15(14)25/h1-4,9-10H,5-8H2,(H,23,25)(H,24,26). The fourth-order valence-corrected chi connectivity index (χ4v) is 3.38. The number of nitrogens with one attached hydrogen (secondary N) is 2. The van der Waals surface area contributed by atoms with Crippen LogP contribution < -0.4 is 10.9 Å². The minimum absolute atomic E-state index is 0.336. The van der Waals surface area contributed by atoms with Crippen LogP contribution in [-0.2, 0) is 21.1 Å². The highest BCUT2D eigenvalue weighted by Crippen LogP contribution is 2.37. The molecule has 1 fully saturated rings. The SMILES string of the molecule is O=C(Nc1cc(C(F)(F)F)c[nH]c1=O)C1(c2ccc(Br)cc2)CCOCC1. The summed E-state index contributed by atoms with van der Waals surface area (Å²) in [5.41, 5.74) is -2.54. The Morgan fingerprint density at radius 1 is 1.19 bits per heavy atom. The van der Waals surface area contributed by atoms with Crippen LogP contribution in [0.25, 0.3) is 0 Å². The van der Waals surface area contributed by atoms with Crippen LogP contribution in [0.3, 0.4) is 0 Å². The van der Waals surface area contributed by atoms with E-state index in [2.05, 4.69) is 21.2 Å². The summed E-state index contributed by atoms with van der Waals surface area (Å²) in [6.45, 7) is 0.671. The number of carbonyl (C=O) groups is 1. The Hall–Kier alpha value is -2.13. The molecule has 9 heteroatoms. The Labute approximate surface area is 161 Å². The number of hydrogen-bond donors (Lipinski definition) is 2. The van der Waals surface area contributed by atoms with Crippen LogP contribution in [0.2, 0.25) is 0 Å². The minimum Gasteiger partial charge on any atom is -0.381 e. The summed E-state index contributed by atoms with van der Waals surface area (Å²) in [6.07, 6.45) is -3.34. The molecule has 144 valence electrons. The zero-order valence-corrected chi connectivity index (χ0v) is 15.6. The average molecular weight is 445 g/mol. The molecule has 0 aliphatic carbocycles. The average Bonchev–Trinajstić information content (AvgIpc) is 2.63. The number of hydrogen-bond acceptors (Lipinski definition) is 3. The molecule has 27 heavy (non-hydrogen) atoms.